The summed E-state index contributed by atoms with van der Waals surface area (Å²) in [6.45, 7) is 5.77. The highest BCUT2D eigenvalue weighted by molar-refractivity contribution is 7.98. The molecule has 0 bridgehead atoms. The Hall–Kier alpha value is -2.84. The number of rotatable bonds is 5. The molecule has 0 saturated carbocycles. The van der Waals surface area contributed by atoms with Gasteiger partial charge < -0.3 is 9.52 Å². The van der Waals surface area contributed by atoms with Crippen molar-refractivity contribution in [1.29, 1.82) is 0 Å². The molecule has 142 valence electrons. The molecule has 4 rings (SSSR count). The number of allylic oxidation sites excluding steroid dienone is 1. The van der Waals surface area contributed by atoms with E-state index < -0.39 is 5.63 Å². The molecule has 1 aromatic carbocycles. The maximum atomic E-state index is 12.7. The Balaban J connectivity index is 1.79. The van der Waals surface area contributed by atoms with Crippen LogP contribution in [0.25, 0.3) is 21.2 Å². The van der Waals surface area contributed by atoms with Gasteiger partial charge in [-0.05, 0) is 36.1 Å². The summed E-state index contributed by atoms with van der Waals surface area (Å²) in [4.78, 5) is 30.0. The molecule has 8 heteroatoms. The molecule has 0 aliphatic rings. The number of phenols is 1. The van der Waals surface area contributed by atoms with Gasteiger partial charge >= 0.3 is 5.63 Å². The van der Waals surface area contributed by atoms with Gasteiger partial charge in [-0.2, -0.15) is 0 Å². The lowest BCUT2D eigenvalue weighted by molar-refractivity contribution is 0.468. The summed E-state index contributed by atoms with van der Waals surface area (Å²) >= 11 is 2.79. The van der Waals surface area contributed by atoms with E-state index in [-0.39, 0.29) is 11.3 Å². The number of thiophene rings is 1. The summed E-state index contributed by atoms with van der Waals surface area (Å²) in [5.74, 6) is 0.498. The first-order valence-electron chi connectivity index (χ1n) is 8.46. The van der Waals surface area contributed by atoms with E-state index in [1.54, 1.807) is 35.8 Å². The average molecular weight is 412 g/mol. The quantitative estimate of drug-likeness (QED) is 0.230. The third-order valence-electron chi connectivity index (χ3n) is 4.43. The van der Waals surface area contributed by atoms with E-state index >= 15 is 0 Å². The van der Waals surface area contributed by atoms with Crippen molar-refractivity contribution < 1.29 is 9.52 Å². The number of benzene rings is 1. The number of aromatic nitrogens is 2. The van der Waals surface area contributed by atoms with Gasteiger partial charge in [-0.15, -0.1) is 17.9 Å². The first kappa shape index (κ1) is 18.5. The molecule has 0 amide bonds. The highest BCUT2D eigenvalue weighted by Crippen LogP contribution is 2.31. The molecule has 0 unspecified atom stereocenters. The van der Waals surface area contributed by atoms with Crippen molar-refractivity contribution in [2.45, 2.75) is 24.4 Å². The van der Waals surface area contributed by atoms with Crippen LogP contribution in [0.1, 0.15) is 11.1 Å². The number of aryl methyl sites for hydroxylation is 1. The molecule has 0 aliphatic heterocycles. The molecule has 0 fully saturated rings. The summed E-state index contributed by atoms with van der Waals surface area (Å²) in [5, 5.41) is 13.6. The summed E-state index contributed by atoms with van der Waals surface area (Å²) in [6.07, 6.45) is 1.66. The van der Waals surface area contributed by atoms with Crippen LogP contribution in [0.3, 0.4) is 0 Å². The normalized spacial score (nSPS) is 11.3. The molecule has 3 aromatic heterocycles. The van der Waals surface area contributed by atoms with Crippen molar-refractivity contribution in [3.63, 3.8) is 0 Å². The van der Waals surface area contributed by atoms with Gasteiger partial charge in [0.15, 0.2) is 5.16 Å². The van der Waals surface area contributed by atoms with E-state index in [1.807, 2.05) is 5.38 Å². The molecular weight excluding hydrogens is 396 g/mol. The Labute approximate surface area is 167 Å². The van der Waals surface area contributed by atoms with E-state index in [9.17, 15) is 14.7 Å². The number of nitrogens with zero attached hydrogens (tertiary/aromatic N) is 2. The lowest BCUT2D eigenvalue weighted by atomic mass is 10.1. The molecule has 0 saturated heterocycles. The van der Waals surface area contributed by atoms with E-state index in [0.29, 0.717) is 38.8 Å². The largest absolute Gasteiger partial charge is 0.508 e. The molecule has 6 nitrogen and oxygen atoms in total. The monoisotopic (exact) mass is 412 g/mol. The van der Waals surface area contributed by atoms with Gasteiger partial charge in [-0.25, -0.2) is 9.78 Å². The first-order chi connectivity index (χ1) is 13.5. The van der Waals surface area contributed by atoms with Crippen LogP contribution in [0, 0.1) is 6.92 Å². The molecular formula is C20H16N2O4S2. The predicted molar refractivity (Wildman–Crippen MR) is 113 cm³/mol. The third kappa shape index (κ3) is 3.14. The van der Waals surface area contributed by atoms with Crippen LogP contribution in [-0.2, 0) is 12.3 Å². The second kappa shape index (κ2) is 7.29. The highest BCUT2D eigenvalue weighted by atomic mass is 32.2. The number of phenolic OH excluding ortho intramolecular Hbond substituents is 1. The van der Waals surface area contributed by atoms with Crippen LogP contribution in [-0.4, -0.2) is 14.7 Å². The van der Waals surface area contributed by atoms with Crippen molar-refractivity contribution in [3.05, 3.63) is 74.2 Å². The fourth-order valence-corrected chi connectivity index (χ4v) is 4.81. The highest BCUT2D eigenvalue weighted by Gasteiger charge is 2.15. The van der Waals surface area contributed by atoms with Gasteiger partial charge in [0.2, 0.25) is 0 Å². The van der Waals surface area contributed by atoms with E-state index in [2.05, 4.69) is 11.6 Å². The van der Waals surface area contributed by atoms with Crippen LogP contribution in [0.5, 0.6) is 5.75 Å². The Morgan fingerprint density at radius 1 is 1.32 bits per heavy atom. The molecule has 0 spiro atoms. The van der Waals surface area contributed by atoms with Crippen LogP contribution >= 0.6 is 23.1 Å². The Morgan fingerprint density at radius 2 is 2.14 bits per heavy atom. The van der Waals surface area contributed by atoms with Gasteiger partial charge in [-0.1, -0.05) is 17.8 Å². The molecule has 1 N–H and O–H groups in total. The maximum Gasteiger partial charge on any atom is 0.336 e. The van der Waals surface area contributed by atoms with Gasteiger partial charge in [0, 0.05) is 29.3 Å². The van der Waals surface area contributed by atoms with Gasteiger partial charge in [-0.3, -0.25) is 9.36 Å². The van der Waals surface area contributed by atoms with Gasteiger partial charge in [0.1, 0.15) is 16.2 Å². The van der Waals surface area contributed by atoms with E-state index in [1.165, 1.54) is 29.2 Å². The molecule has 3 heterocycles. The fourth-order valence-electron chi connectivity index (χ4n) is 3.01. The van der Waals surface area contributed by atoms with Crippen molar-refractivity contribution in [1.82, 2.24) is 9.55 Å². The molecule has 0 atom stereocenters. The SMILES string of the molecule is C=CCn1c(SCc2cc(=O)oc3c(C)c(O)ccc23)nc2sccc2c1=O. The number of hydrogen-bond donors (Lipinski definition) is 1. The zero-order chi connectivity index (χ0) is 19.8. The minimum absolute atomic E-state index is 0.0742. The summed E-state index contributed by atoms with van der Waals surface area (Å²) in [7, 11) is 0. The summed E-state index contributed by atoms with van der Waals surface area (Å²) in [6, 6.07) is 6.51. The third-order valence-corrected chi connectivity index (χ3v) is 6.27. The van der Waals surface area contributed by atoms with Crippen LogP contribution in [0.4, 0.5) is 0 Å². The van der Waals surface area contributed by atoms with Crippen LogP contribution < -0.4 is 11.2 Å². The van der Waals surface area contributed by atoms with Crippen molar-refractivity contribution in [2.75, 3.05) is 0 Å². The van der Waals surface area contributed by atoms with E-state index in [4.69, 9.17) is 4.42 Å². The topological polar surface area (TPSA) is 85.3 Å². The van der Waals surface area contributed by atoms with Crippen molar-refractivity contribution in [3.8, 4) is 5.75 Å². The Morgan fingerprint density at radius 3 is 2.93 bits per heavy atom. The van der Waals surface area contributed by atoms with E-state index in [0.717, 1.165) is 10.9 Å². The average Bonchev–Trinajstić information content (AvgIpc) is 3.14. The molecule has 0 radical (unpaired) electrons. The standard InChI is InChI=1S/C20H16N2O4S2/c1-3-7-22-19(25)14-6-8-27-18(14)21-20(22)28-10-12-9-16(24)26-17-11(2)15(23)5-4-13(12)17/h3-6,8-9,23H,1,7,10H2,2H3. The predicted octanol–water partition coefficient (Wildman–Crippen LogP) is 4.06. The Kier molecular flexibility index (Phi) is 4.82. The first-order valence-corrected chi connectivity index (χ1v) is 10.3. The zero-order valence-electron chi connectivity index (χ0n) is 15.0. The summed E-state index contributed by atoms with van der Waals surface area (Å²) in [5.41, 5.74) is 1.05. The number of aromatic hydroxyl groups is 1. The molecule has 0 aliphatic carbocycles. The number of hydrogen-bond acceptors (Lipinski definition) is 7. The minimum atomic E-state index is -0.484. The number of thioether (sulfide) groups is 1. The van der Waals surface area contributed by atoms with Gasteiger partial charge in [0.25, 0.3) is 5.56 Å². The lowest BCUT2D eigenvalue weighted by Crippen LogP contribution is -2.22. The molecule has 4 aromatic rings. The van der Waals surface area contributed by atoms with Crippen molar-refractivity contribution in [2.24, 2.45) is 0 Å². The second-order valence-electron chi connectivity index (χ2n) is 6.20. The fraction of sp³-hybridized carbons (Fsp3) is 0.150. The zero-order valence-corrected chi connectivity index (χ0v) is 16.6. The summed E-state index contributed by atoms with van der Waals surface area (Å²) < 4.78 is 6.87. The van der Waals surface area contributed by atoms with Crippen molar-refractivity contribution >= 4 is 44.3 Å². The smallest absolute Gasteiger partial charge is 0.336 e. The minimum Gasteiger partial charge on any atom is -0.508 e. The lowest BCUT2D eigenvalue weighted by Gasteiger charge is -2.11. The van der Waals surface area contributed by atoms with Crippen LogP contribution in [0.15, 0.2) is 61.5 Å². The number of fused-ring (bicyclic) bond motifs is 2. The van der Waals surface area contributed by atoms with Gasteiger partial charge in [0.05, 0.1) is 5.39 Å². The Bertz CT molecular complexity index is 1330. The van der Waals surface area contributed by atoms with Crippen LogP contribution in [0.2, 0.25) is 0 Å². The second-order valence-corrected chi connectivity index (χ2v) is 8.04. The maximum absolute atomic E-state index is 12.7. The molecule has 28 heavy (non-hydrogen) atoms.